The normalized spacial score (nSPS) is 28.8. The third kappa shape index (κ3) is 1.30. The summed E-state index contributed by atoms with van der Waals surface area (Å²) in [5.41, 5.74) is 0. The summed E-state index contributed by atoms with van der Waals surface area (Å²) >= 11 is 0. The second-order valence-corrected chi connectivity index (χ2v) is 2.53. The lowest BCUT2D eigenvalue weighted by atomic mass is 10.2. The van der Waals surface area contributed by atoms with Crippen molar-refractivity contribution in [2.24, 2.45) is 11.8 Å². The van der Waals surface area contributed by atoms with Crippen molar-refractivity contribution >= 4 is 5.97 Å². The molecule has 54 valence electrons. The molecule has 0 heterocycles. The highest BCUT2D eigenvalue weighted by Crippen LogP contribution is 2.41. The molecule has 0 aromatic heterocycles. The first-order chi connectivity index (χ1) is 4.79. The molecule has 0 aliphatic heterocycles. The maximum Gasteiger partial charge on any atom is 0.308 e. The van der Waals surface area contributed by atoms with Gasteiger partial charge in [0.2, 0.25) is 0 Å². The predicted octanol–water partition coefficient (Wildman–Crippen LogP) is 0.819. The molecule has 1 aliphatic rings. The van der Waals surface area contributed by atoms with Crippen LogP contribution in [-0.4, -0.2) is 13.1 Å². The lowest BCUT2D eigenvalue weighted by Gasteiger charge is -1.93. The van der Waals surface area contributed by atoms with Gasteiger partial charge in [-0.25, -0.2) is 0 Å². The number of rotatable bonds is 2. The summed E-state index contributed by atoms with van der Waals surface area (Å²) < 4.78 is 4.54. The standard InChI is InChI=1S/C8H10O2/c1-3-4-6-5-7(6)8(9)10-2/h1,6-7H,4-5H2,2H3/t6-,7-/m1/s1. The van der Waals surface area contributed by atoms with E-state index in [1.165, 1.54) is 7.11 Å². The van der Waals surface area contributed by atoms with Crippen LogP contribution < -0.4 is 0 Å². The number of hydrogen-bond donors (Lipinski definition) is 0. The van der Waals surface area contributed by atoms with E-state index in [9.17, 15) is 4.79 Å². The molecule has 0 aromatic rings. The average molecular weight is 138 g/mol. The van der Waals surface area contributed by atoms with E-state index in [1.807, 2.05) is 0 Å². The van der Waals surface area contributed by atoms with Gasteiger partial charge in [-0.1, -0.05) is 0 Å². The minimum absolute atomic E-state index is 0.0982. The summed E-state index contributed by atoms with van der Waals surface area (Å²) in [6.45, 7) is 0. The van der Waals surface area contributed by atoms with Gasteiger partial charge in [0.25, 0.3) is 0 Å². The zero-order chi connectivity index (χ0) is 7.56. The molecule has 0 unspecified atom stereocenters. The van der Waals surface area contributed by atoms with Gasteiger partial charge in [0.05, 0.1) is 13.0 Å². The van der Waals surface area contributed by atoms with E-state index in [2.05, 4.69) is 10.7 Å². The van der Waals surface area contributed by atoms with Crippen LogP contribution in [0.15, 0.2) is 0 Å². The number of terminal acetylenes is 1. The van der Waals surface area contributed by atoms with Gasteiger partial charge in [-0.05, 0) is 12.3 Å². The van der Waals surface area contributed by atoms with Gasteiger partial charge >= 0.3 is 5.97 Å². The third-order valence-electron chi connectivity index (χ3n) is 1.81. The van der Waals surface area contributed by atoms with Crippen LogP contribution in [0, 0.1) is 24.2 Å². The molecule has 0 bridgehead atoms. The van der Waals surface area contributed by atoms with Crippen molar-refractivity contribution in [2.45, 2.75) is 12.8 Å². The first-order valence-corrected chi connectivity index (χ1v) is 3.31. The van der Waals surface area contributed by atoms with Crippen LogP contribution in [0.3, 0.4) is 0 Å². The Kier molecular flexibility index (Phi) is 1.96. The van der Waals surface area contributed by atoms with E-state index < -0.39 is 0 Å². The molecule has 2 atom stereocenters. The largest absolute Gasteiger partial charge is 0.469 e. The SMILES string of the molecule is C#CC[C@@H]1C[C@H]1C(=O)OC. The van der Waals surface area contributed by atoms with Crippen LogP contribution in [0.5, 0.6) is 0 Å². The molecule has 1 saturated carbocycles. The van der Waals surface area contributed by atoms with Crippen molar-refractivity contribution in [3.05, 3.63) is 0 Å². The summed E-state index contributed by atoms with van der Waals surface area (Å²) in [6, 6.07) is 0. The maximum absolute atomic E-state index is 10.8. The smallest absolute Gasteiger partial charge is 0.308 e. The fourth-order valence-electron chi connectivity index (χ4n) is 1.06. The van der Waals surface area contributed by atoms with E-state index in [-0.39, 0.29) is 11.9 Å². The van der Waals surface area contributed by atoms with Crippen LogP contribution in [0.4, 0.5) is 0 Å². The highest BCUT2D eigenvalue weighted by atomic mass is 16.5. The summed E-state index contributed by atoms with van der Waals surface area (Å²) in [5.74, 6) is 2.92. The molecule has 0 aromatic carbocycles. The van der Waals surface area contributed by atoms with Crippen molar-refractivity contribution in [1.29, 1.82) is 0 Å². The van der Waals surface area contributed by atoms with Crippen LogP contribution in [-0.2, 0) is 9.53 Å². The van der Waals surface area contributed by atoms with Crippen LogP contribution >= 0.6 is 0 Å². The Morgan fingerprint density at radius 1 is 1.90 bits per heavy atom. The Morgan fingerprint density at radius 3 is 3.10 bits per heavy atom. The van der Waals surface area contributed by atoms with Gasteiger partial charge in [-0.2, -0.15) is 0 Å². The second-order valence-electron chi connectivity index (χ2n) is 2.53. The quantitative estimate of drug-likeness (QED) is 0.417. The Morgan fingerprint density at radius 2 is 2.60 bits per heavy atom. The molecule has 2 heteroatoms. The van der Waals surface area contributed by atoms with Gasteiger partial charge in [-0.15, -0.1) is 12.3 Å². The minimum atomic E-state index is -0.111. The number of methoxy groups -OCH3 is 1. The van der Waals surface area contributed by atoms with E-state index in [4.69, 9.17) is 6.42 Å². The molecule has 10 heavy (non-hydrogen) atoms. The summed E-state index contributed by atoms with van der Waals surface area (Å²) in [7, 11) is 1.41. The zero-order valence-electron chi connectivity index (χ0n) is 5.96. The van der Waals surface area contributed by atoms with Crippen LogP contribution in [0.25, 0.3) is 0 Å². The molecule has 1 rings (SSSR count). The minimum Gasteiger partial charge on any atom is -0.469 e. The van der Waals surface area contributed by atoms with E-state index >= 15 is 0 Å². The van der Waals surface area contributed by atoms with Gasteiger partial charge in [0.1, 0.15) is 0 Å². The van der Waals surface area contributed by atoms with Gasteiger partial charge in [0, 0.05) is 6.42 Å². The molecule has 0 N–H and O–H groups in total. The van der Waals surface area contributed by atoms with E-state index in [0.717, 1.165) is 6.42 Å². The van der Waals surface area contributed by atoms with Gasteiger partial charge in [0.15, 0.2) is 0 Å². The molecule has 0 radical (unpaired) electrons. The molecule has 0 spiro atoms. The molecule has 0 saturated heterocycles. The number of ether oxygens (including phenoxy) is 1. The number of esters is 1. The summed E-state index contributed by atoms with van der Waals surface area (Å²) in [5, 5.41) is 0. The van der Waals surface area contributed by atoms with Gasteiger partial charge < -0.3 is 4.74 Å². The third-order valence-corrected chi connectivity index (χ3v) is 1.81. The Labute approximate surface area is 60.6 Å². The van der Waals surface area contributed by atoms with Crippen molar-refractivity contribution < 1.29 is 9.53 Å². The van der Waals surface area contributed by atoms with Crippen molar-refractivity contribution in [1.82, 2.24) is 0 Å². The molecule has 1 aliphatic carbocycles. The number of carbonyl (C=O) groups is 1. The predicted molar refractivity (Wildman–Crippen MR) is 37.1 cm³/mol. The molecule has 1 fully saturated rings. The highest BCUT2D eigenvalue weighted by Gasteiger charge is 2.42. The Bertz CT molecular complexity index is 178. The lowest BCUT2D eigenvalue weighted by Crippen LogP contribution is -2.03. The fraction of sp³-hybridized carbons (Fsp3) is 0.625. The Hall–Kier alpha value is -0.970. The van der Waals surface area contributed by atoms with E-state index in [1.54, 1.807) is 0 Å². The molecular formula is C8H10O2. The number of hydrogen-bond acceptors (Lipinski definition) is 2. The van der Waals surface area contributed by atoms with Crippen molar-refractivity contribution in [2.75, 3.05) is 7.11 Å². The van der Waals surface area contributed by atoms with Crippen molar-refractivity contribution in [3.63, 3.8) is 0 Å². The topological polar surface area (TPSA) is 26.3 Å². The molecule has 0 amide bonds. The van der Waals surface area contributed by atoms with Crippen LogP contribution in [0.1, 0.15) is 12.8 Å². The van der Waals surface area contributed by atoms with Crippen molar-refractivity contribution in [3.8, 4) is 12.3 Å². The summed E-state index contributed by atoms with van der Waals surface area (Å²) in [6.07, 6.45) is 6.69. The van der Waals surface area contributed by atoms with E-state index in [0.29, 0.717) is 12.3 Å². The summed E-state index contributed by atoms with van der Waals surface area (Å²) in [4.78, 5) is 10.8. The lowest BCUT2D eigenvalue weighted by molar-refractivity contribution is -0.142. The Balaban J connectivity index is 2.26. The number of carbonyl (C=O) groups excluding carboxylic acids is 1. The first kappa shape index (κ1) is 7.14. The highest BCUT2D eigenvalue weighted by molar-refractivity contribution is 5.75. The first-order valence-electron chi connectivity index (χ1n) is 3.31. The van der Waals surface area contributed by atoms with Crippen LogP contribution in [0.2, 0.25) is 0 Å². The second kappa shape index (κ2) is 2.74. The maximum atomic E-state index is 10.8. The zero-order valence-corrected chi connectivity index (χ0v) is 5.96. The molecular weight excluding hydrogens is 128 g/mol. The average Bonchev–Trinajstić information content (AvgIpc) is 2.67. The molecule has 2 nitrogen and oxygen atoms in total. The monoisotopic (exact) mass is 138 g/mol. The fourth-order valence-corrected chi connectivity index (χ4v) is 1.06. The van der Waals surface area contributed by atoms with Gasteiger partial charge in [-0.3, -0.25) is 4.79 Å².